The van der Waals surface area contributed by atoms with Crippen molar-refractivity contribution in [2.24, 2.45) is 0 Å². The number of rotatable bonds is 6. The van der Waals surface area contributed by atoms with Gasteiger partial charge in [0.25, 0.3) is 0 Å². The maximum atomic E-state index is 5.77. The zero-order chi connectivity index (χ0) is 11.3. The van der Waals surface area contributed by atoms with Gasteiger partial charge in [0.2, 0.25) is 0 Å². The summed E-state index contributed by atoms with van der Waals surface area (Å²) in [4.78, 5) is 2.47. The highest BCUT2D eigenvalue weighted by Crippen LogP contribution is 2.14. The molecule has 0 aliphatic carbocycles. The highest BCUT2D eigenvalue weighted by Gasteiger charge is 2.24. The number of likely N-dealkylation sites (tertiary alicyclic amines) is 1. The lowest BCUT2D eigenvalue weighted by atomic mass is 10.3. The fourth-order valence-corrected chi connectivity index (χ4v) is 1.86. The molecule has 1 aliphatic rings. The van der Waals surface area contributed by atoms with Crippen LogP contribution >= 0.6 is 0 Å². The van der Waals surface area contributed by atoms with Crippen LogP contribution in [-0.4, -0.2) is 49.5 Å². The molecule has 0 aromatic heterocycles. The largest absolute Gasteiger partial charge is 0.376 e. The van der Waals surface area contributed by atoms with Crippen LogP contribution in [0.3, 0.4) is 0 Å². The van der Waals surface area contributed by atoms with Gasteiger partial charge in [-0.05, 0) is 34.1 Å². The van der Waals surface area contributed by atoms with Gasteiger partial charge in [0.15, 0.2) is 0 Å². The van der Waals surface area contributed by atoms with E-state index in [1.807, 2.05) is 0 Å². The number of hydrogen-bond donors (Lipinski definition) is 0. The minimum absolute atomic E-state index is 0.310. The molecular formula is C12H25NO2. The van der Waals surface area contributed by atoms with Crippen molar-refractivity contribution in [1.82, 2.24) is 4.90 Å². The Labute approximate surface area is 93.7 Å². The average molecular weight is 215 g/mol. The molecule has 0 unspecified atom stereocenters. The van der Waals surface area contributed by atoms with E-state index in [1.165, 1.54) is 13.0 Å². The first kappa shape index (κ1) is 12.9. The summed E-state index contributed by atoms with van der Waals surface area (Å²) in [6, 6.07) is 0.644. The first-order valence-corrected chi connectivity index (χ1v) is 6.07. The van der Waals surface area contributed by atoms with Crippen molar-refractivity contribution in [2.75, 3.05) is 26.3 Å². The molecule has 90 valence electrons. The lowest BCUT2D eigenvalue weighted by molar-refractivity contribution is -0.00966. The average Bonchev–Trinajstić information content (AvgIpc) is 2.60. The first-order valence-electron chi connectivity index (χ1n) is 6.07. The van der Waals surface area contributed by atoms with Crippen LogP contribution in [0.25, 0.3) is 0 Å². The summed E-state index contributed by atoms with van der Waals surface area (Å²) < 4.78 is 11.2. The normalized spacial score (nSPS) is 23.2. The summed E-state index contributed by atoms with van der Waals surface area (Å²) in [7, 11) is 0. The second kappa shape index (κ2) is 6.46. The Morgan fingerprint density at radius 2 is 1.93 bits per heavy atom. The van der Waals surface area contributed by atoms with Gasteiger partial charge in [-0.25, -0.2) is 0 Å². The molecule has 1 fully saturated rings. The Bertz CT molecular complexity index is 171. The Morgan fingerprint density at radius 1 is 1.20 bits per heavy atom. The highest BCUT2D eigenvalue weighted by molar-refractivity contribution is 4.78. The zero-order valence-electron chi connectivity index (χ0n) is 10.5. The van der Waals surface area contributed by atoms with E-state index in [-0.39, 0.29) is 0 Å². The molecule has 1 aliphatic heterocycles. The molecule has 0 N–H and O–H groups in total. The van der Waals surface area contributed by atoms with Gasteiger partial charge >= 0.3 is 0 Å². The first-order chi connectivity index (χ1) is 7.09. The van der Waals surface area contributed by atoms with Crippen molar-refractivity contribution in [3.63, 3.8) is 0 Å². The lowest BCUT2D eigenvalue weighted by Gasteiger charge is -2.20. The van der Waals surface area contributed by atoms with Crippen LogP contribution in [0.15, 0.2) is 0 Å². The molecule has 1 rings (SSSR count). The van der Waals surface area contributed by atoms with E-state index in [2.05, 4.69) is 32.6 Å². The van der Waals surface area contributed by atoms with E-state index in [1.54, 1.807) is 0 Å². The Morgan fingerprint density at radius 3 is 2.47 bits per heavy atom. The maximum absolute atomic E-state index is 5.77. The number of nitrogens with zero attached hydrogens (tertiary/aromatic N) is 1. The second-order valence-electron chi connectivity index (χ2n) is 4.79. The minimum Gasteiger partial charge on any atom is -0.376 e. The molecule has 3 nitrogen and oxygen atoms in total. The number of hydrogen-bond acceptors (Lipinski definition) is 3. The third-order valence-corrected chi connectivity index (χ3v) is 2.79. The standard InChI is InChI=1S/C12H25NO2/c1-10(2)13-6-5-12(9-13)15-8-7-14-11(3)4/h10-12H,5-9H2,1-4H3/t12-/m1/s1. The summed E-state index contributed by atoms with van der Waals surface area (Å²) in [5.74, 6) is 0. The van der Waals surface area contributed by atoms with E-state index < -0.39 is 0 Å². The van der Waals surface area contributed by atoms with Crippen molar-refractivity contribution in [2.45, 2.75) is 52.4 Å². The van der Waals surface area contributed by atoms with Crippen molar-refractivity contribution in [1.29, 1.82) is 0 Å². The van der Waals surface area contributed by atoms with Gasteiger partial charge in [-0.2, -0.15) is 0 Å². The van der Waals surface area contributed by atoms with E-state index in [4.69, 9.17) is 9.47 Å². The molecule has 0 spiro atoms. The van der Waals surface area contributed by atoms with Gasteiger partial charge in [-0.15, -0.1) is 0 Å². The monoisotopic (exact) mass is 215 g/mol. The molecular weight excluding hydrogens is 190 g/mol. The van der Waals surface area contributed by atoms with E-state index in [9.17, 15) is 0 Å². The van der Waals surface area contributed by atoms with Gasteiger partial charge in [0.05, 0.1) is 25.4 Å². The van der Waals surface area contributed by atoms with Crippen molar-refractivity contribution < 1.29 is 9.47 Å². The smallest absolute Gasteiger partial charge is 0.0715 e. The van der Waals surface area contributed by atoms with Crippen molar-refractivity contribution >= 4 is 0 Å². The highest BCUT2D eigenvalue weighted by atomic mass is 16.5. The van der Waals surface area contributed by atoms with Crippen LogP contribution in [0.4, 0.5) is 0 Å². The fraction of sp³-hybridized carbons (Fsp3) is 1.00. The summed E-state index contributed by atoms with van der Waals surface area (Å²) >= 11 is 0. The topological polar surface area (TPSA) is 21.7 Å². The molecule has 0 radical (unpaired) electrons. The second-order valence-corrected chi connectivity index (χ2v) is 4.79. The molecule has 1 saturated heterocycles. The predicted octanol–water partition coefficient (Wildman–Crippen LogP) is 1.91. The molecule has 1 atom stereocenters. The Hall–Kier alpha value is -0.120. The molecule has 0 amide bonds. The summed E-state index contributed by atoms with van der Waals surface area (Å²) in [5.41, 5.74) is 0. The van der Waals surface area contributed by atoms with E-state index >= 15 is 0 Å². The fourth-order valence-electron chi connectivity index (χ4n) is 1.86. The van der Waals surface area contributed by atoms with E-state index in [0.29, 0.717) is 18.2 Å². The third-order valence-electron chi connectivity index (χ3n) is 2.79. The maximum Gasteiger partial charge on any atom is 0.0715 e. The van der Waals surface area contributed by atoms with Crippen LogP contribution in [0.1, 0.15) is 34.1 Å². The lowest BCUT2D eigenvalue weighted by Crippen LogP contribution is -2.30. The zero-order valence-corrected chi connectivity index (χ0v) is 10.5. The van der Waals surface area contributed by atoms with Gasteiger partial charge in [0, 0.05) is 19.1 Å². The van der Waals surface area contributed by atoms with Crippen molar-refractivity contribution in [3.8, 4) is 0 Å². The molecule has 15 heavy (non-hydrogen) atoms. The van der Waals surface area contributed by atoms with Gasteiger partial charge in [0.1, 0.15) is 0 Å². The van der Waals surface area contributed by atoms with Gasteiger partial charge in [-0.1, -0.05) is 0 Å². The Kier molecular flexibility index (Phi) is 5.58. The Balaban J connectivity index is 2.04. The predicted molar refractivity (Wildman–Crippen MR) is 62.2 cm³/mol. The van der Waals surface area contributed by atoms with Crippen LogP contribution < -0.4 is 0 Å². The third kappa shape index (κ3) is 4.96. The molecule has 0 aromatic rings. The quantitative estimate of drug-likeness (QED) is 0.632. The molecule has 0 aromatic carbocycles. The molecule has 0 bridgehead atoms. The summed E-state index contributed by atoms with van der Waals surface area (Å²) in [5, 5.41) is 0. The molecule has 1 heterocycles. The minimum atomic E-state index is 0.310. The summed E-state index contributed by atoms with van der Waals surface area (Å²) in [6.45, 7) is 12.3. The molecule has 0 saturated carbocycles. The SMILES string of the molecule is CC(C)OCCO[C@@H]1CCN(C(C)C)C1. The number of ether oxygens (including phenoxy) is 2. The summed E-state index contributed by atoms with van der Waals surface area (Å²) in [6.07, 6.45) is 1.90. The van der Waals surface area contributed by atoms with Gasteiger partial charge < -0.3 is 9.47 Å². The van der Waals surface area contributed by atoms with Crippen LogP contribution in [-0.2, 0) is 9.47 Å². The van der Waals surface area contributed by atoms with Gasteiger partial charge in [-0.3, -0.25) is 4.90 Å². The van der Waals surface area contributed by atoms with Crippen LogP contribution in [0, 0.1) is 0 Å². The van der Waals surface area contributed by atoms with Crippen LogP contribution in [0.5, 0.6) is 0 Å². The van der Waals surface area contributed by atoms with Crippen LogP contribution in [0.2, 0.25) is 0 Å². The molecule has 3 heteroatoms. The van der Waals surface area contributed by atoms with E-state index in [0.717, 1.165) is 19.8 Å². The van der Waals surface area contributed by atoms with Crippen molar-refractivity contribution in [3.05, 3.63) is 0 Å².